The van der Waals surface area contributed by atoms with Crippen LogP contribution in [0.25, 0.3) is 0 Å². The summed E-state index contributed by atoms with van der Waals surface area (Å²) in [5.74, 6) is -1.53. The molecule has 0 fully saturated rings. The molecule has 0 unspecified atom stereocenters. The first kappa shape index (κ1) is 9.40. The van der Waals surface area contributed by atoms with Crippen molar-refractivity contribution in [1.82, 2.24) is 10.4 Å². The number of ether oxygens (including phenoxy) is 1. The van der Waals surface area contributed by atoms with Gasteiger partial charge in [0, 0.05) is 12.2 Å². The molecular formula is C7H8N2O4. The predicted octanol–water partition coefficient (Wildman–Crippen LogP) is -1.41. The molecule has 0 atom stereocenters. The topological polar surface area (TPSA) is 75.7 Å². The highest BCUT2D eigenvalue weighted by atomic mass is 16.5. The Labute approximate surface area is 74.1 Å². The lowest BCUT2D eigenvalue weighted by Gasteiger charge is -2.13. The van der Waals surface area contributed by atoms with E-state index in [-0.39, 0.29) is 6.54 Å². The van der Waals surface area contributed by atoms with Gasteiger partial charge in [0.2, 0.25) is 0 Å². The number of rotatable bonds is 3. The lowest BCUT2D eigenvalue weighted by Crippen LogP contribution is -2.45. The maximum atomic E-state index is 10.9. The number of methoxy groups -OCH3 is 1. The molecule has 1 N–H and O–H groups in total. The molecular weight excluding hydrogens is 176 g/mol. The van der Waals surface area contributed by atoms with Gasteiger partial charge in [0.25, 0.3) is 11.8 Å². The summed E-state index contributed by atoms with van der Waals surface area (Å²) in [6.07, 6.45) is 2.24. The number of hydrazine groups is 1. The Kier molecular flexibility index (Phi) is 2.76. The van der Waals surface area contributed by atoms with Crippen molar-refractivity contribution in [3.63, 3.8) is 0 Å². The van der Waals surface area contributed by atoms with E-state index >= 15 is 0 Å². The van der Waals surface area contributed by atoms with Crippen molar-refractivity contribution in [3.05, 3.63) is 12.2 Å². The van der Waals surface area contributed by atoms with E-state index in [2.05, 4.69) is 10.2 Å². The second-order valence-electron chi connectivity index (χ2n) is 2.26. The van der Waals surface area contributed by atoms with Crippen LogP contribution >= 0.6 is 0 Å². The van der Waals surface area contributed by atoms with Crippen LogP contribution < -0.4 is 5.43 Å². The summed E-state index contributed by atoms with van der Waals surface area (Å²) in [5.41, 5.74) is 2.33. The first-order chi connectivity index (χ1) is 6.15. The van der Waals surface area contributed by atoms with E-state index in [0.717, 1.165) is 17.2 Å². The third-order valence-electron chi connectivity index (χ3n) is 1.42. The number of carbonyl (C=O) groups excluding carboxylic acids is 3. The van der Waals surface area contributed by atoms with Gasteiger partial charge < -0.3 is 4.74 Å². The summed E-state index contributed by atoms with van der Waals surface area (Å²) < 4.78 is 4.31. The van der Waals surface area contributed by atoms with Gasteiger partial charge in [0.15, 0.2) is 0 Å². The van der Waals surface area contributed by atoms with E-state index in [0.29, 0.717) is 0 Å². The maximum absolute atomic E-state index is 10.9. The Morgan fingerprint density at radius 3 is 2.46 bits per heavy atom. The first-order valence-electron chi connectivity index (χ1n) is 3.51. The highest BCUT2D eigenvalue weighted by Crippen LogP contribution is 1.98. The van der Waals surface area contributed by atoms with Gasteiger partial charge in [-0.2, -0.15) is 0 Å². The van der Waals surface area contributed by atoms with Gasteiger partial charge in [0.05, 0.1) is 7.11 Å². The van der Waals surface area contributed by atoms with E-state index in [4.69, 9.17) is 0 Å². The second-order valence-corrected chi connectivity index (χ2v) is 2.26. The molecule has 0 saturated heterocycles. The van der Waals surface area contributed by atoms with E-state index in [9.17, 15) is 14.4 Å². The fraction of sp³-hybridized carbons (Fsp3) is 0.286. The quantitative estimate of drug-likeness (QED) is 0.430. The zero-order chi connectivity index (χ0) is 9.84. The van der Waals surface area contributed by atoms with Gasteiger partial charge in [0.1, 0.15) is 6.54 Å². The molecule has 0 aliphatic carbocycles. The zero-order valence-electron chi connectivity index (χ0n) is 6.94. The lowest BCUT2D eigenvalue weighted by atomic mass is 10.6. The number of esters is 1. The van der Waals surface area contributed by atoms with Crippen molar-refractivity contribution >= 4 is 17.8 Å². The Bertz CT molecular complexity index is 266. The molecule has 1 aliphatic rings. The molecule has 2 amide bonds. The summed E-state index contributed by atoms with van der Waals surface area (Å²) in [6, 6.07) is 0. The molecule has 0 saturated carbocycles. The van der Waals surface area contributed by atoms with Crippen molar-refractivity contribution in [3.8, 4) is 0 Å². The van der Waals surface area contributed by atoms with Gasteiger partial charge in [-0.15, -0.1) is 0 Å². The van der Waals surface area contributed by atoms with Crippen LogP contribution in [0.15, 0.2) is 12.2 Å². The summed E-state index contributed by atoms with van der Waals surface area (Å²) in [6.45, 7) is -0.213. The molecule has 0 aromatic heterocycles. The molecule has 0 radical (unpaired) electrons. The predicted molar refractivity (Wildman–Crippen MR) is 41.0 cm³/mol. The number of nitrogens with one attached hydrogen (secondary N) is 1. The van der Waals surface area contributed by atoms with Gasteiger partial charge in [-0.05, 0) is 0 Å². The molecule has 0 bridgehead atoms. The second kappa shape index (κ2) is 3.81. The molecule has 0 aromatic rings. The van der Waals surface area contributed by atoms with Gasteiger partial charge in [-0.25, -0.2) is 10.4 Å². The highest BCUT2D eigenvalue weighted by molar-refractivity contribution is 6.12. The van der Waals surface area contributed by atoms with Crippen LogP contribution in [0.3, 0.4) is 0 Å². The summed E-state index contributed by atoms with van der Waals surface area (Å²) >= 11 is 0. The number of amides is 2. The van der Waals surface area contributed by atoms with Crippen molar-refractivity contribution in [2.45, 2.75) is 0 Å². The van der Waals surface area contributed by atoms with E-state index < -0.39 is 17.8 Å². The third kappa shape index (κ3) is 2.12. The van der Waals surface area contributed by atoms with Crippen LogP contribution in [0.2, 0.25) is 0 Å². The SMILES string of the molecule is COC(=O)CNN1C(=O)C=CC1=O. The van der Waals surface area contributed by atoms with E-state index in [1.807, 2.05) is 0 Å². The Hall–Kier alpha value is -1.69. The van der Waals surface area contributed by atoms with Gasteiger partial charge in [-0.3, -0.25) is 14.4 Å². The average Bonchev–Trinajstić information content (AvgIpc) is 2.43. The molecule has 6 nitrogen and oxygen atoms in total. The van der Waals surface area contributed by atoms with Crippen LogP contribution in [0.5, 0.6) is 0 Å². The van der Waals surface area contributed by atoms with Gasteiger partial charge >= 0.3 is 5.97 Å². The third-order valence-corrected chi connectivity index (χ3v) is 1.42. The highest BCUT2D eigenvalue weighted by Gasteiger charge is 2.23. The van der Waals surface area contributed by atoms with Gasteiger partial charge in [-0.1, -0.05) is 0 Å². The molecule has 1 rings (SSSR count). The summed E-state index contributed by atoms with van der Waals surface area (Å²) in [4.78, 5) is 32.4. The maximum Gasteiger partial charge on any atom is 0.321 e. The van der Waals surface area contributed by atoms with E-state index in [1.165, 1.54) is 7.11 Å². The fourth-order valence-corrected chi connectivity index (χ4v) is 0.772. The van der Waals surface area contributed by atoms with Crippen LogP contribution in [0.1, 0.15) is 0 Å². The minimum atomic E-state index is -0.549. The molecule has 13 heavy (non-hydrogen) atoms. The Morgan fingerprint density at radius 1 is 1.46 bits per heavy atom. The first-order valence-corrected chi connectivity index (χ1v) is 3.51. The van der Waals surface area contributed by atoms with Crippen molar-refractivity contribution in [1.29, 1.82) is 0 Å². The largest absolute Gasteiger partial charge is 0.468 e. The standard InChI is InChI=1S/C7H8N2O4/c1-13-7(12)4-8-9-5(10)2-3-6(9)11/h2-3,8H,4H2,1H3. The van der Waals surface area contributed by atoms with Crippen molar-refractivity contribution in [2.75, 3.05) is 13.7 Å². The lowest BCUT2D eigenvalue weighted by molar-refractivity contribution is -0.144. The number of imide groups is 1. The zero-order valence-corrected chi connectivity index (χ0v) is 6.94. The molecule has 70 valence electrons. The average molecular weight is 184 g/mol. The van der Waals surface area contributed by atoms with Crippen molar-refractivity contribution < 1.29 is 19.1 Å². The monoisotopic (exact) mass is 184 g/mol. The normalized spacial score (nSPS) is 15.3. The summed E-state index contributed by atoms with van der Waals surface area (Å²) in [5, 5.41) is 0.747. The van der Waals surface area contributed by atoms with Crippen LogP contribution in [0, 0.1) is 0 Å². The van der Waals surface area contributed by atoms with Crippen LogP contribution in [-0.4, -0.2) is 36.4 Å². The minimum absolute atomic E-state index is 0.213. The smallest absolute Gasteiger partial charge is 0.321 e. The van der Waals surface area contributed by atoms with E-state index in [1.54, 1.807) is 0 Å². The number of carbonyl (C=O) groups is 3. The Morgan fingerprint density at radius 2 is 2.00 bits per heavy atom. The summed E-state index contributed by atoms with van der Waals surface area (Å²) in [7, 11) is 1.22. The van der Waals surface area contributed by atoms with Crippen molar-refractivity contribution in [2.24, 2.45) is 0 Å². The number of hydrogen-bond donors (Lipinski definition) is 1. The molecule has 0 aromatic carbocycles. The molecule has 0 spiro atoms. The van der Waals surface area contributed by atoms with Crippen LogP contribution in [0.4, 0.5) is 0 Å². The number of hydrogen-bond acceptors (Lipinski definition) is 5. The molecule has 1 heterocycles. The molecule has 1 aliphatic heterocycles. The Balaban J connectivity index is 2.42. The molecule has 6 heteroatoms. The fourth-order valence-electron chi connectivity index (χ4n) is 0.772. The minimum Gasteiger partial charge on any atom is -0.468 e. The number of nitrogens with zero attached hydrogens (tertiary/aromatic N) is 1. The van der Waals surface area contributed by atoms with Crippen LogP contribution in [-0.2, 0) is 19.1 Å².